The number of likely N-dealkylation sites (N-methyl/N-ethyl adjacent to an activating group) is 1. The van der Waals surface area contributed by atoms with Crippen molar-refractivity contribution in [3.05, 3.63) is 52.3 Å². The van der Waals surface area contributed by atoms with Gasteiger partial charge in [-0.3, -0.25) is 14.3 Å². The Morgan fingerprint density at radius 1 is 1.26 bits per heavy atom. The van der Waals surface area contributed by atoms with Crippen molar-refractivity contribution in [1.82, 2.24) is 19.7 Å². The molecule has 7 nitrogen and oxygen atoms in total. The van der Waals surface area contributed by atoms with Gasteiger partial charge in [0.15, 0.2) is 5.65 Å². The Labute approximate surface area is 161 Å². The van der Waals surface area contributed by atoms with E-state index in [2.05, 4.69) is 15.4 Å². The van der Waals surface area contributed by atoms with Gasteiger partial charge < -0.3 is 10.2 Å². The molecule has 27 heavy (non-hydrogen) atoms. The summed E-state index contributed by atoms with van der Waals surface area (Å²) in [6, 6.07) is 8.58. The summed E-state index contributed by atoms with van der Waals surface area (Å²) in [7, 11) is 3.38. The van der Waals surface area contributed by atoms with Crippen LogP contribution in [0.1, 0.15) is 21.7 Å². The Kier molecular flexibility index (Phi) is 5.14. The highest BCUT2D eigenvalue weighted by Crippen LogP contribution is 2.23. The van der Waals surface area contributed by atoms with Crippen LogP contribution in [0.3, 0.4) is 0 Å². The van der Waals surface area contributed by atoms with E-state index in [1.807, 2.05) is 13.8 Å². The Bertz CT molecular complexity index is 1040. The molecule has 0 aliphatic heterocycles. The van der Waals surface area contributed by atoms with Gasteiger partial charge >= 0.3 is 0 Å². The number of pyridine rings is 1. The van der Waals surface area contributed by atoms with E-state index in [1.54, 1.807) is 49.1 Å². The zero-order chi connectivity index (χ0) is 19.7. The van der Waals surface area contributed by atoms with Crippen molar-refractivity contribution in [2.24, 2.45) is 7.05 Å². The van der Waals surface area contributed by atoms with Crippen LogP contribution in [0.4, 0.5) is 5.69 Å². The minimum absolute atomic E-state index is 0.0898. The van der Waals surface area contributed by atoms with Crippen LogP contribution in [-0.4, -0.2) is 45.1 Å². The van der Waals surface area contributed by atoms with Gasteiger partial charge in [0.1, 0.15) is 0 Å². The Morgan fingerprint density at radius 2 is 2.00 bits per heavy atom. The largest absolute Gasteiger partial charge is 0.332 e. The Morgan fingerprint density at radius 3 is 2.70 bits per heavy atom. The summed E-state index contributed by atoms with van der Waals surface area (Å²) < 4.78 is 1.65. The summed E-state index contributed by atoms with van der Waals surface area (Å²) in [4.78, 5) is 31.1. The summed E-state index contributed by atoms with van der Waals surface area (Å²) in [5.74, 6) is -0.569. The monoisotopic (exact) mass is 385 g/mol. The van der Waals surface area contributed by atoms with Gasteiger partial charge in [-0.05, 0) is 38.1 Å². The van der Waals surface area contributed by atoms with Gasteiger partial charge in [0, 0.05) is 30.5 Å². The maximum atomic E-state index is 13.0. The van der Waals surface area contributed by atoms with Crippen molar-refractivity contribution < 1.29 is 9.59 Å². The molecule has 0 aliphatic rings. The molecule has 140 valence electrons. The molecule has 0 fully saturated rings. The van der Waals surface area contributed by atoms with Gasteiger partial charge in [-0.1, -0.05) is 17.7 Å². The second kappa shape index (κ2) is 7.36. The zero-order valence-electron chi connectivity index (χ0n) is 15.6. The number of nitrogens with one attached hydrogen (secondary N) is 1. The molecule has 0 spiro atoms. The summed E-state index contributed by atoms with van der Waals surface area (Å²) in [5, 5.41) is 8.32. The third-order valence-corrected chi connectivity index (χ3v) is 4.40. The third-order valence-electron chi connectivity index (χ3n) is 4.16. The molecular formula is C19H20ClN5O2. The maximum Gasteiger partial charge on any atom is 0.254 e. The van der Waals surface area contributed by atoms with Gasteiger partial charge in [-0.15, -0.1) is 0 Å². The molecule has 0 aliphatic carbocycles. The number of rotatable bonds is 4. The van der Waals surface area contributed by atoms with Gasteiger partial charge in [-0.2, -0.15) is 5.10 Å². The summed E-state index contributed by atoms with van der Waals surface area (Å²) >= 11 is 5.92. The van der Waals surface area contributed by atoms with Crippen LogP contribution in [-0.2, 0) is 11.8 Å². The number of carbonyl (C=O) groups excluding carboxylic acids is 2. The number of amides is 2. The summed E-state index contributed by atoms with van der Waals surface area (Å²) in [5.41, 5.74) is 3.15. The highest BCUT2D eigenvalue weighted by atomic mass is 35.5. The zero-order valence-corrected chi connectivity index (χ0v) is 16.3. The first-order valence-corrected chi connectivity index (χ1v) is 8.76. The van der Waals surface area contributed by atoms with Crippen LogP contribution < -0.4 is 5.32 Å². The first-order chi connectivity index (χ1) is 12.8. The van der Waals surface area contributed by atoms with Gasteiger partial charge in [0.25, 0.3) is 5.91 Å². The molecular weight excluding hydrogens is 366 g/mol. The molecule has 0 unspecified atom stereocenters. The van der Waals surface area contributed by atoms with E-state index in [0.29, 0.717) is 33.0 Å². The van der Waals surface area contributed by atoms with Crippen LogP contribution >= 0.6 is 11.6 Å². The number of aromatic nitrogens is 3. The third kappa shape index (κ3) is 3.93. The quantitative estimate of drug-likeness (QED) is 0.748. The maximum absolute atomic E-state index is 13.0. The second-order valence-electron chi connectivity index (χ2n) is 6.44. The molecule has 0 atom stereocenters. The molecule has 0 radical (unpaired) electrons. The number of halogens is 1. The lowest BCUT2D eigenvalue weighted by atomic mass is 10.1. The summed E-state index contributed by atoms with van der Waals surface area (Å²) in [6.07, 6.45) is 0. The standard InChI is InChI=1S/C19H20ClN5O2/c1-11-8-15(17-12(2)23-25(4)18(17)21-11)19(27)24(3)10-16(26)22-14-7-5-6-13(20)9-14/h5-9H,10H2,1-4H3,(H,22,26). The van der Waals surface area contributed by atoms with Crippen LogP contribution in [0.25, 0.3) is 11.0 Å². The van der Waals surface area contributed by atoms with Crippen molar-refractivity contribution in [2.75, 3.05) is 18.9 Å². The SMILES string of the molecule is Cc1cc(C(=O)N(C)CC(=O)Nc2cccc(Cl)c2)c2c(C)nn(C)c2n1. The molecule has 8 heteroatoms. The minimum atomic E-state index is -0.307. The number of benzene rings is 1. The predicted molar refractivity (Wildman–Crippen MR) is 105 cm³/mol. The topological polar surface area (TPSA) is 80.1 Å². The number of anilines is 1. The number of nitrogens with zero attached hydrogens (tertiary/aromatic N) is 4. The molecule has 1 N–H and O–H groups in total. The molecule has 0 bridgehead atoms. The number of aryl methyl sites for hydroxylation is 3. The number of fused-ring (bicyclic) bond motifs is 1. The van der Waals surface area contributed by atoms with Crippen LogP contribution in [0.15, 0.2) is 30.3 Å². The van der Waals surface area contributed by atoms with E-state index in [4.69, 9.17) is 11.6 Å². The molecule has 0 saturated heterocycles. The molecule has 1 aromatic carbocycles. The van der Waals surface area contributed by atoms with Gasteiger partial charge in [0.05, 0.1) is 23.2 Å². The molecule has 2 heterocycles. The smallest absolute Gasteiger partial charge is 0.254 e. The average molecular weight is 386 g/mol. The van der Waals surface area contributed by atoms with Gasteiger partial charge in [-0.25, -0.2) is 4.98 Å². The van der Waals surface area contributed by atoms with E-state index in [1.165, 1.54) is 4.90 Å². The molecule has 0 saturated carbocycles. The predicted octanol–water partition coefficient (Wildman–Crippen LogP) is 2.95. The van der Waals surface area contributed by atoms with Crippen molar-refractivity contribution in [1.29, 1.82) is 0 Å². The minimum Gasteiger partial charge on any atom is -0.332 e. The lowest BCUT2D eigenvalue weighted by Gasteiger charge is -2.18. The fourth-order valence-electron chi connectivity index (χ4n) is 3.00. The Balaban J connectivity index is 1.81. The highest BCUT2D eigenvalue weighted by molar-refractivity contribution is 6.30. The highest BCUT2D eigenvalue weighted by Gasteiger charge is 2.21. The molecule has 2 aromatic heterocycles. The molecule has 3 rings (SSSR count). The van der Waals surface area contributed by atoms with E-state index in [9.17, 15) is 9.59 Å². The lowest BCUT2D eigenvalue weighted by Crippen LogP contribution is -2.35. The van der Waals surface area contributed by atoms with E-state index < -0.39 is 0 Å². The normalized spacial score (nSPS) is 10.9. The van der Waals surface area contributed by atoms with Gasteiger partial charge in [0.2, 0.25) is 5.91 Å². The lowest BCUT2D eigenvalue weighted by molar-refractivity contribution is -0.116. The second-order valence-corrected chi connectivity index (χ2v) is 6.87. The Hall–Kier alpha value is -2.93. The van der Waals surface area contributed by atoms with Crippen molar-refractivity contribution in [2.45, 2.75) is 13.8 Å². The first kappa shape index (κ1) is 18.8. The van der Waals surface area contributed by atoms with E-state index in [0.717, 1.165) is 5.69 Å². The van der Waals surface area contributed by atoms with Crippen LogP contribution in [0.5, 0.6) is 0 Å². The van der Waals surface area contributed by atoms with Crippen molar-refractivity contribution >= 4 is 40.1 Å². The number of carbonyl (C=O) groups is 2. The van der Waals surface area contributed by atoms with Crippen molar-refractivity contribution in [3.63, 3.8) is 0 Å². The fraction of sp³-hybridized carbons (Fsp3) is 0.263. The van der Waals surface area contributed by atoms with E-state index >= 15 is 0 Å². The molecule has 3 aromatic rings. The summed E-state index contributed by atoms with van der Waals surface area (Å²) in [6.45, 7) is 3.57. The van der Waals surface area contributed by atoms with Crippen molar-refractivity contribution in [3.8, 4) is 0 Å². The average Bonchev–Trinajstić information content (AvgIpc) is 2.87. The molecule has 2 amide bonds. The fourth-order valence-corrected chi connectivity index (χ4v) is 3.19. The van der Waals surface area contributed by atoms with Crippen LogP contribution in [0, 0.1) is 13.8 Å². The number of hydrogen-bond donors (Lipinski definition) is 1. The first-order valence-electron chi connectivity index (χ1n) is 8.38. The van der Waals surface area contributed by atoms with Crippen LogP contribution in [0.2, 0.25) is 5.02 Å². The van der Waals surface area contributed by atoms with E-state index in [-0.39, 0.29) is 18.4 Å². The number of hydrogen-bond acceptors (Lipinski definition) is 4.